The zero-order valence-corrected chi connectivity index (χ0v) is 8.27. The summed E-state index contributed by atoms with van der Waals surface area (Å²) in [7, 11) is 1.80. The quantitative estimate of drug-likeness (QED) is 0.590. The van der Waals surface area contributed by atoms with Crippen LogP contribution in [0.3, 0.4) is 0 Å². The molecule has 0 amide bonds. The first kappa shape index (κ1) is 9.90. The van der Waals surface area contributed by atoms with Crippen LogP contribution in [0.15, 0.2) is 33.8 Å². The molecule has 1 rings (SSSR count). The van der Waals surface area contributed by atoms with Crippen molar-refractivity contribution in [1.82, 2.24) is 0 Å². The van der Waals surface area contributed by atoms with Crippen LogP contribution in [0.4, 0.5) is 0 Å². The van der Waals surface area contributed by atoms with Gasteiger partial charge in [0.15, 0.2) is 0 Å². The molecule has 0 aromatic heterocycles. The molecule has 0 spiro atoms. The molecule has 0 bridgehead atoms. The minimum absolute atomic E-state index is 0.411. The van der Waals surface area contributed by atoms with Crippen molar-refractivity contribution in [3.63, 3.8) is 0 Å². The smallest absolute Gasteiger partial charge is 0.0574 e. The molecule has 70 valence electrons. The van der Waals surface area contributed by atoms with Gasteiger partial charge in [0.05, 0.1) is 6.04 Å². The molecule has 0 fully saturated rings. The van der Waals surface area contributed by atoms with Gasteiger partial charge in [-0.1, -0.05) is 12.2 Å². The third-order valence-corrected chi connectivity index (χ3v) is 2.06. The first-order valence-electron chi connectivity index (χ1n) is 4.62. The lowest BCUT2D eigenvalue weighted by Crippen LogP contribution is -2.07. The van der Waals surface area contributed by atoms with Crippen molar-refractivity contribution >= 4 is 12.4 Å². The summed E-state index contributed by atoms with van der Waals surface area (Å²) >= 11 is 0. The van der Waals surface area contributed by atoms with Crippen LogP contribution in [0.2, 0.25) is 0 Å². The van der Waals surface area contributed by atoms with Crippen LogP contribution in [0.25, 0.3) is 0 Å². The lowest BCUT2D eigenvalue weighted by Gasteiger charge is -2.12. The molecule has 1 heterocycles. The number of allylic oxidation sites excluding steroid dienone is 2. The van der Waals surface area contributed by atoms with Gasteiger partial charge >= 0.3 is 0 Å². The van der Waals surface area contributed by atoms with Gasteiger partial charge in [0.1, 0.15) is 0 Å². The molecule has 0 saturated carbocycles. The van der Waals surface area contributed by atoms with Gasteiger partial charge in [0.2, 0.25) is 0 Å². The van der Waals surface area contributed by atoms with Crippen LogP contribution in [-0.2, 0) is 0 Å². The number of hydrogen-bond acceptors (Lipinski definition) is 2. The molecule has 1 atom stereocenters. The Kier molecular flexibility index (Phi) is 4.16. The van der Waals surface area contributed by atoms with E-state index in [2.05, 4.69) is 22.1 Å². The molecule has 0 saturated heterocycles. The summed E-state index contributed by atoms with van der Waals surface area (Å²) in [5, 5.41) is 0. The van der Waals surface area contributed by atoms with E-state index in [4.69, 9.17) is 0 Å². The number of dihydropyridines is 1. The van der Waals surface area contributed by atoms with Gasteiger partial charge < -0.3 is 0 Å². The summed E-state index contributed by atoms with van der Waals surface area (Å²) in [4.78, 5) is 8.39. The van der Waals surface area contributed by atoms with Crippen LogP contribution < -0.4 is 0 Å². The van der Waals surface area contributed by atoms with E-state index in [0.29, 0.717) is 6.04 Å². The van der Waals surface area contributed by atoms with Gasteiger partial charge in [0.25, 0.3) is 0 Å². The maximum atomic E-state index is 4.39. The second-order valence-corrected chi connectivity index (χ2v) is 3.07. The van der Waals surface area contributed by atoms with Gasteiger partial charge in [-0.3, -0.25) is 9.98 Å². The second-order valence-electron chi connectivity index (χ2n) is 3.07. The van der Waals surface area contributed by atoms with Crippen molar-refractivity contribution in [2.75, 3.05) is 7.05 Å². The average Bonchev–Trinajstić information content (AvgIpc) is 2.19. The fraction of sp³-hybridized carbons (Fsp3) is 0.455. The lowest BCUT2D eigenvalue weighted by molar-refractivity contribution is 0.686. The van der Waals surface area contributed by atoms with E-state index in [9.17, 15) is 0 Å². The highest BCUT2D eigenvalue weighted by molar-refractivity contribution is 5.78. The van der Waals surface area contributed by atoms with E-state index in [1.54, 1.807) is 7.05 Å². The van der Waals surface area contributed by atoms with Crippen LogP contribution in [0, 0.1) is 0 Å². The largest absolute Gasteiger partial charge is 0.296 e. The minimum Gasteiger partial charge on any atom is -0.296 e. The Labute approximate surface area is 79.8 Å². The van der Waals surface area contributed by atoms with Gasteiger partial charge in [-0.15, -0.1) is 0 Å². The lowest BCUT2D eigenvalue weighted by atomic mass is 10.0. The number of aliphatic imine (C=N–C) groups is 2. The van der Waals surface area contributed by atoms with Crippen molar-refractivity contribution in [2.45, 2.75) is 25.8 Å². The molecular weight excluding hydrogens is 160 g/mol. The highest BCUT2D eigenvalue weighted by Gasteiger charge is 2.07. The summed E-state index contributed by atoms with van der Waals surface area (Å²) < 4.78 is 0. The maximum Gasteiger partial charge on any atom is 0.0574 e. The third-order valence-electron chi connectivity index (χ3n) is 2.06. The fourth-order valence-corrected chi connectivity index (χ4v) is 1.35. The predicted octanol–water partition coefficient (Wildman–Crippen LogP) is 2.42. The molecule has 1 aliphatic rings. The molecule has 1 unspecified atom stereocenters. The monoisotopic (exact) mass is 176 g/mol. The van der Waals surface area contributed by atoms with Crippen molar-refractivity contribution in [2.24, 2.45) is 9.98 Å². The summed E-state index contributed by atoms with van der Waals surface area (Å²) in [6, 6.07) is 0.411. The van der Waals surface area contributed by atoms with E-state index >= 15 is 0 Å². The summed E-state index contributed by atoms with van der Waals surface area (Å²) in [6.07, 6.45) is 12.1. The van der Waals surface area contributed by atoms with Crippen molar-refractivity contribution < 1.29 is 0 Å². The molecule has 0 aliphatic carbocycles. The second kappa shape index (κ2) is 5.46. The zero-order valence-electron chi connectivity index (χ0n) is 8.27. The van der Waals surface area contributed by atoms with E-state index in [1.165, 1.54) is 5.57 Å². The van der Waals surface area contributed by atoms with Gasteiger partial charge in [0, 0.05) is 19.5 Å². The number of nitrogens with zero attached hydrogens (tertiary/aromatic N) is 2. The van der Waals surface area contributed by atoms with Crippen LogP contribution in [0.5, 0.6) is 0 Å². The predicted molar refractivity (Wildman–Crippen MR) is 58.8 cm³/mol. The van der Waals surface area contributed by atoms with E-state index < -0.39 is 0 Å². The molecule has 2 nitrogen and oxygen atoms in total. The van der Waals surface area contributed by atoms with Crippen LogP contribution in [-0.4, -0.2) is 25.5 Å². The van der Waals surface area contributed by atoms with Crippen molar-refractivity contribution in [3.05, 3.63) is 23.8 Å². The van der Waals surface area contributed by atoms with Crippen LogP contribution in [0.1, 0.15) is 19.8 Å². The Bertz CT molecular complexity index is 259. The standard InChI is InChI=1S/C11H16N2/c1-3-10(9-12-2)8-11-6-4-5-7-13-11/h3-5,7,9,11H,6,8H2,1-2H3/b10-3-,12-9?. The SMILES string of the molecule is C/C=C(\C=NC)CC1CC=CC=N1. The number of hydrogen-bond donors (Lipinski definition) is 0. The van der Waals surface area contributed by atoms with Crippen molar-refractivity contribution in [3.8, 4) is 0 Å². The molecule has 0 N–H and O–H groups in total. The summed E-state index contributed by atoms with van der Waals surface area (Å²) in [5.74, 6) is 0. The first-order valence-corrected chi connectivity index (χ1v) is 4.62. The summed E-state index contributed by atoms with van der Waals surface area (Å²) in [5.41, 5.74) is 1.26. The summed E-state index contributed by atoms with van der Waals surface area (Å²) in [6.45, 7) is 2.04. The Hall–Kier alpha value is -1.18. The molecule has 1 aliphatic heterocycles. The van der Waals surface area contributed by atoms with Crippen LogP contribution >= 0.6 is 0 Å². The molecular formula is C11H16N2. The molecule has 0 aromatic rings. The first-order chi connectivity index (χ1) is 6.36. The van der Waals surface area contributed by atoms with Gasteiger partial charge in [-0.05, 0) is 31.4 Å². The normalized spacial score (nSPS) is 22.9. The molecule has 0 radical (unpaired) electrons. The molecule has 0 aromatic carbocycles. The zero-order chi connectivity index (χ0) is 9.52. The Morgan fingerprint density at radius 3 is 3.08 bits per heavy atom. The van der Waals surface area contributed by atoms with Gasteiger partial charge in [-0.25, -0.2) is 0 Å². The molecule has 13 heavy (non-hydrogen) atoms. The topological polar surface area (TPSA) is 24.7 Å². The average molecular weight is 176 g/mol. The Morgan fingerprint density at radius 1 is 1.69 bits per heavy atom. The van der Waals surface area contributed by atoms with E-state index in [0.717, 1.165) is 12.8 Å². The fourth-order valence-electron chi connectivity index (χ4n) is 1.35. The van der Waals surface area contributed by atoms with Gasteiger partial charge in [-0.2, -0.15) is 0 Å². The Balaban J connectivity index is 2.47. The highest BCUT2D eigenvalue weighted by atomic mass is 14.8. The van der Waals surface area contributed by atoms with E-state index in [1.807, 2.05) is 25.4 Å². The third kappa shape index (κ3) is 3.36. The Morgan fingerprint density at radius 2 is 2.54 bits per heavy atom. The van der Waals surface area contributed by atoms with Crippen molar-refractivity contribution in [1.29, 1.82) is 0 Å². The highest BCUT2D eigenvalue weighted by Crippen LogP contribution is 2.13. The minimum atomic E-state index is 0.411. The number of rotatable bonds is 3. The molecule has 2 heteroatoms. The maximum absolute atomic E-state index is 4.39. The van der Waals surface area contributed by atoms with E-state index in [-0.39, 0.29) is 0 Å².